The monoisotopic (exact) mass is 397 g/mol. The highest BCUT2D eigenvalue weighted by Gasteiger charge is 2.34. The summed E-state index contributed by atoms with van der Waals surface area (Å²) in [5.74, 6) is 0.231. The van der Waals surface area contributed by atoms with Gasteiger partial charge in [0.15, 0.2) is 6.29 Å². The second kappa shape index (κ2) is 7.99. The number of nitrogens with zero attached hydrogens (tertiary/aromatic N) is 2. The van der Waals surface area contributed by atoms with Crippen molar-refractivity contribution in [2.24, 2.45) is 5.92 Å². The largest absolute Gasteiger partial charge is 0.322 e. The lowest BCUT2D eigenvalue weighted by atomic mass is 9.87. The summed E-state index contributed by atoms with van der Waals surface area (Å²) in [7, 11) is 0. The second-order valence-electron chi connectivity index (χ2n) is 8.78. The normalized spacial score (nSPS) is 22.3. The summed E-state index contributed by atoms with van der Waals surface area (Å²) in [6.45, 7) is 12.3. The molecule has 2 aromatic rings. The highest BCUT2D eigenvalue weighted by Crippen LogP contribution is 2.24. The van der Waals surface area contributed by atoms with Crippen LogP contribution in [0.15, 0.2) is 30.3 Å². The first-order chi connectivity index (χ1) is 13.6. The fraction of sp³-hybridized carbons (Fsp3) is 0.500. The van der Waals surface area contributed by atoms with E-state index in [1.54, 1.807) is 10.7 Å². The molecule has 3 N–H and O–H groups in total. The Kier molecular flexibility index (Phi) is 5.80. The van der Waals surface area contributed by atoms with Crippen molar-refractivity contribution in [2.45, 2.75) is 65.7 Å². The van der Waals surface area contributed by atoms with Gasteiger partial charge in [-0.25, -0.2) is 4.68 Å². The lowest BCUT2D eigenvalue weighted by molar-refractivity contribution is -0.130. The molecule has 1 aromatic heterocycles. The topological polar surface area (TPSA) is 88.1 Å². The molecule has 7 nitrogen and oxygen atoms in total. The van der Waals surface area contributed by atoms with Crippen LogP contribution in [-0.2, 0) is 10.2 Å². The van der Waals surface area contributed by atoms with Gasteiger partial charge in [0.1, 0.15) is 5.82 Å². The predicted octanol–water partition coefficient (Wildman–Crippen LogP) is 3.33. The molecule has 7 heteroatoms. The van der Waals surface area contributed by atoms with Crippen LogP contribution in [0.4, 0.5) is 5.82 Å². The Balaban J connectivity index is 1.79. The smallest absolute Gasteiger partial charge is 0.256 e. The molecule has 156 valence electrons. The number of nitrogens with one attached hydrogen (secondary N) is 3. The van der Waals surface area contributed by atoms with Gasteiger partial charge in [0, 0.05) is 17.7 Å². The van der Waals surface area contributed by atoms with Crippen LogP contribution >= 0.6 is 0 Å². The van der Waals surface area contributed by atoms with E-state index >= 15 is 0 Å². The van der Waals surface area contributed by atoms with Crippen molar-refractivity contribution in [3.8, 4) is 0 Å². The number of hydrogen-bond acceptors (Lipinski definition) is 4. The Hall–Kier alpha value is -2.67. The second-order valence-corrected chi connectivity index (χ2v) is 8.78. The minimum Gasteiger partial charge on any atom is -0.322 e. The zero-order valence-corrected chi connectivity index (χ0v) is 18.0. The molecule has 1 aliphatic heterocycles. The molecule has 1 fully saturated rings. The van der Waals surface area contributed by atoms with Crippen LogP contribution in [0.25, 0.3) is 0 Å². The summed E-state index contributed by atoms with van der Waals surface area (Å²) in [6.07, 6.45) is 0.256. The molecule has 3 rings (SSSR count). The molecule has 0 saturated carbocycles. The number of hydrogen-bond donors (Lipinski definition) is 3. The Morgan fingerprint density at radius 3 is 2.45 bits per heavy atom. The van der Waals surface area contributed by atoms with Crippen molar-refractivity contribution in [1.82, 2.24) is 20.4 Å². The molecule has 1 saturated heterocycles. The highest BCUT2D eigenvalue weighted by atomic mass is 16.2. The van der Waals surface area contributed by atoms with Gasteiger partial charge in [-0.3, -0.25) is 14.9 Å². The fourth-order valence-electron chi connectivity index (χ4n) is 3.66. The quantitative estimate of drug-likeness (QED) is 0.738. The van der Waals surface area contributed by atoms with E-state index in [2.05, 4.69) is 41.8 Å². The van der Waals surface area contributed by atoms with Crippen molar-refractivity contribution in [3.05, 3.63) is 47.2 Å². The lowest BCUT2D eigenvalue weighted by Gasteiger charge is -2.35. The minimum absolute atomic E-state index is 0.00745. The predicted molar refractivity (Wildman–Crippen MR) is 114 cm³/mol. The maximum Gasteiger partial charge on any atom is 0.256 e. The summed E-state index contributed by atoms with van der Waals surface area (Å²) in [5.41, 5.74) is 2.53. The van der Waals surface area contributed by atoms with E-state index in [1.807, 2.05) is 45.0 Å². The molecule has 1 aliphatic rings. The molecule has 1 aromatic carbocycles. The molecule has 3 unspecified atom stereocenters. The van der Waals surface area contributed by atoms with Gasteiger partial charge in [-0.15, -0.1) is 0 Å². The molecule has 2 heterocycles. The van der Waals surface area contributed by atoms with Crippen LogP contribution in [0.3, 0.4) is 0 Å². The van der Waals surface area contributed by atoms with Crippen LogP contribution in [0.2, 0.25) is 0 Å². The van der Waals surface area contributed by atoms with E-state index in [0.29, 0.717) is 11.4 Å². The zero-order valence-electron chi connectivity index (χ0n) is 18.0. The third-order valence-corrected chi connectivity index (χ3v) is 5.44. The third kappa shape index (κ3) is 4.50. The van der Waals surface area contributed by atoms with Gasteiger partial charge < -0.3 is 10.6 Å². The first-order valence-corrected chi connectivity index (χ1v) is 10.1. The average molecular weight is 398 g/mol. The Morgan fingerprint density at radius 1 is 1.24 bits per heavy atom. The molecule has 2 amide bonds. The van der Waals surface area contributed by atoms with E-state index in [9.17, 15) is 9.59 Å². The number of benzene rings is 1. The van der Waals surface area contributed by atoms with Gasteiger partial charge in [-0.2, -0.15) is 5.10 Å². The summed E-state index contributed by atoms with van der Waals surface area (Å²) in [4.78, 5) is 25.2. The number of aryl methyl sites for hydroxylation is 1. The lowest BCUT2D eigenvalue weighted by Crippen LogP contribution is -2.57. The van der Waals surface area contributed by atoms with Crippen LogP contribution in [0.5, 0.6) is 0 Å². The fourth-order valence-corrected chi connectivity index (χ4v) is 3.66. The van der Waals surface area contributed by atoms with Gasteiger partial charge in [0.2, 0.25) is 5.91 Å². The molecule has 3 atom stereocenters. The number of amides is 2. The van der Waals surface area contributed by atoms with E-state index in [1.165, 1.54) is 5.56 Å². The summed E-state index contributed by atoms with van der Waals surface area (Å²) in [5, 5.41) is 13.7. The van der Waals surface area contributed by atoms with Crippen LogP contribution in [0, 0.1) is 12.8 Å². The molecule has 0 spiro atoms. The van der Waals surface area contributed by atoms with Gasteiger partial charge in [0.05, 0.1) is 11.6 Å². The van der Waals surface area contributed by atoms with Crippen molar-refractivity contribution in [1.29, 1.82) is 0 Å². The Bertz CT molecular complexity index is 895. The van der Waals surface area contributed by atoms with E-state index in [-0.39, 0.29) is 29.2 Å². The minimum atomic E-state index is -0.507. The van der Waals surface area contributed by atoms with Gasteiger partial charge in [0.25, 0.3) is 5.91 Å². The maximum absolute atomic E-state index is 12.8. The molecule has 0 bridgehead atoms. The van der Waals surface area contributed by atoms with Crippen LogP contribution in [-0.4, -0.2) is 27.6 Å². The van der Waals surface area contributed by atoms with Gasteiger partial charge >= 0.3 is 0 Å². The molecule has 0 radical (unpaired) electrons. The zero-order chi connectivity index (χ0) is 21.3. The molecule has 29 heavy (non-hydrogen) atoms. The van der Waals surface area contributed by atoms with Crippen molar-refractivity contribution in [2.75, 3.05) is 5.32 Å². The van der Waals surface area contributed by atoms with E-state index in [4.69, 9.17) is 0 Å². The Labute approximate surface area is 172 Å². The number of carbonyl (C=O) groups is 2. The standard InChI is InChI=1S/C22H31N5O2/c1-7-17-14(3)23-21(25-20(17)29)27-18(12-13(2)26-27)24-19(28)15-8-10-16(11-9-15)22(4,5)6/h8-12,14,17,21,23H,7H2,1-6H3,(H,24,28)(H,25,29). The first-order valence-electron chi connectivity index (χ1n) is 10.1. The SMILES string of the molecule is CCC1C(=O)NC(n2nc(C)cc2NC(=O)c2ccc(C(C)(C)C)cc2)NC1C. The molecular weight excluding hydrogens is 366 g/mol. The summed E-state index contributed by atoms with van der Waals surface area (Å²) < 4.78 is 1.62. The molecular formula is C22H31N5O2. The van der Waals surface area contributed by atoms with Crippen LogP contribution in [0.1, 0.15) is 68.9 Å². The highest BCUT2D eigenvalue weighted by molar-refractivity contribution is 6.03. The number of carbonyl (C=O) groups excluding carboxylic acids is 2. The average Bonchev–Trinajstić information content (AvgIpc) is 3.01. The van der Waals surface area contributed by atoms with Crippen molar-refractivity contribution >= 4 is 17.6 Å². The van der Waals surface area contributed by atoms with Crippen molar-refractivity contribution in [3.63, 3.8) is 0 Å². The maximum atomic E-state index is 12.8. The summed E-state index contributed by atoms with van der Waals surface area (Å²) >= 11 is 0. The molecule has 0 aliphatic carbocycles. The number of anilines is 1. The number of aromatic nitrogens is 2. The third-order valence-electron chi connectivity index (χ3n) is 5.44. The van der Waals surface area contributed by atoms with Crippen LogP contribution < -0.4 is 16.0 Å². The van der Waals surface area contributed by atoms with E-state index in [0.717, 1.165) is 12.1 Å². The Morgan fingerprint density at radius 2 is 1.90 bits per heavy atom. The number of rotatable bonds is 4. The van der Waals surface area contributed by atoms with Gasteiger partial charge in [-0.05, 0) is 43.4 Å². The van der Waals surface area contributed by atoms with Crippen molar-refractivity contribution < 1.29 is 9.59 Å². The summed E-state index contributed by atoms with van der Waals surface area (Å²) in [6, 6.07) is 9.43. The van der Waals surface area contributed by atoms with E-state index < -0.39 is 6.29 Å². The van der Waals surface area contributed by atoms with Gasteiger partial charge in [-0.1, -0.05) is 39.8 Å². The first kappa shape index (κ1) is 21.0.